The highest BCUT2D eigenvalue weighted by Gasteiger charge is 2.38. The van der Waals surface area contributed by atoms with Gasteiger partial charge in [0.1, 0.15) is 0 Å². The lowest BCUT2D eigenvalue weighted by atomic mass is 9.97. The minimum atomic E-state index is -0.539. The number of unbranched alkanes of at least 4 members (excludes halogenated alkanes) is 1. The van der Waals surface area contributed by atoms with Gasteiger partial charge in [-0.2, -0.15) is 0 Å². The van der Waals surface area contributed by atoms with Gasteiger partial charge in [0, 0.05) is 13.6 Å². The van der Waals surface area contributed by atoms with Crippen molar-refractivity contribution in [3.63, 3.8) is 0 Å². The summed E-state index contributed by atoms with van der Waals surface area (Å²) in [5.74, 6) is 0.142. The maximum Gasteiger partial charge on any atom is 0.242 e. The molecule has 0 aliphatic heterocycles. The summed E-state index contributed by atoms with van der Waals surface area (Å²) < 4.78 is 0. The highest BCUT2D eigenvalue weighted by molar-refractivity contribution is 5.86. The zero-order chi connectivity index (χ0) is 10.6. The van der Waals surface area contributed by atoms with Crippen LogP contribution in [0.5, 0.6) is 0 Å². The minimum absolute atomic E-state index is 0.142. The number of rotatable bonds is 4. The summed E-state index contributed by atoms with van der Waals surface area (Å²) in [6.45, 7) is 2.97. The molecule has 0 atom stereocenters. The molecule has 1 aliphatic rings. The van der Waals surface area contributed by atoms with Gasteiger partial charge >= 0.3 is 0 Å². The standard InChI is InChI=1S/C11H22N2O/c1-3-4-9-13(2)10(14)11(12)7-5-6-8-11/h3-9,12H2,1-2H3. The summed E-state index contributed by atoms with van der Waals surface area (Å²) in [7, 11) is 1.87. The lowest BCUT2D eigenvalue weighted by molar-refractivity contribution is -0.135. The molecule has 1 aliphatic carbocycles. The number of carbonyl (C=O) groups excluding carboxylic acids is 1. The zero-order valence-corrected chi connectivity index (χ0v) is 9.38. The van der Waals surface area contributed by atoms with Gasteiger partial charge in [-0.1, -0.05) is 26.2 Å². The fraction of sp³-hybridized carbons (Fsp3) is 0.909. The Morgan fingerprint density at radius 1 is 1.43 bits per heavy atom. The van der Waals surface area contributed by atoms with Crippen molar-refractivity contribution in [2.24, 2.45) is 5.73 Å². The molecule has 0 bridgehead atoms. The van der Waals surface area contributed by atoms with Crippen molar-refractivity contribution in [1.29, 1.82) is 0 Å². The third kappa shape index (κ3) is 2.47. The van der Waals surface area contributed by atoms with E-state index in [9.17, 15) is 4.79 Å². The molecule has 3 nitrogen and oxygen atoms in total. The number of carbonyl (C=O) groups is 1. The first-order valence-corrected chi connectivity index (χ1v) is 5.64. The third-order valence-corrected chi connectivity index (χ3v) is 3.12. The van der Waals surface area contributed by atoms with E-state index in [1.165, 1.54) is 0 Å². The topological polar surface area (TPSA) is 46.3 Å². The van der Waals surface area contributed by atoms with Gasteiger partial charge in [0.15, 0.2) is 0 Å². The van der Waals surface area contributed by atoms with E-state index in [0.29, 0.717) is 0 Å². The number of nitrogens with two attached hydrogens (primary N) is 1. The Balaban J connectivity index is 2.46. The molecule has 0 aromatic carbocycles. The lowest BCUT2D eigenvalue weighted by Gasteiger charge is -2.28. The van der Waals surface area contributed by atoms with Crippen LogP contribution >= 0.6 is 0 Å². The van der Waals surface area contributed by atoms with Crippen LogP contribution < -0.4 is 5.73 Å². The van der Waals surface area contributed by atoms with E-state index >= 15 is 0 Å². The fourth-order valence-electron chi connectivity index (χ4n) is 2.10. The predicted molar refractivity (Wildman–Crippen MR) is 57.9 cm³/mol. The van der Waals surface area contributed by atoms with Gasteiger partial charge in [0.2, 0.25) is 5.91 Å². The van der Waals surface area contributed by atoms with Crippen LogP contribution in [-0.4, -0.2) is 29.9 Å². The van der Waals surface area contributed by atoms with Gasteiger partial charge in [0.25, 0.3) is 0 Å². The van der Waals surface area contributed by atoms with E-state index in [-0.39, 0.29) is 5.91 Å². The molecule has 1 fully saturated rings. The molecule has 0 spiro atoms. The van der Waals surface area contributed by atoms with Crippen LogP contribution in [0.1, 0.15) is 45.4 Å². The fourth-order valence-corrected chi connectivity index (χ4v) is 2.10. The van der Waals surface area contributed by atoms with Gasteiger partial charge < -0.3 is 10.6 Å². The van der Waals surface area contributed by atoms with E-state index in [4.69, 9.17) is 5.73 Å². The van der Waals surface area contributed by atoms with E-state index < -0.39 is 5.54 Å². The molecule has 1 saturated carbocycles. The molecule has 0 radical (unpaired) electrons. The molecule has 14 heavy (non-hydrogen) atoms. The van der Waals surface area contributed by atoms with Crippen LogP contribution in [0.4, 0.5) is 0 Å². The molecule has 0 unspecified atom stereocenters. The Labute approximate surface area is 86.6 Å². The second-order valence-corrected chi connectivity index (χ2v) is 4.44. The highest BCUT2D eigenvalue weighted by Crippen LogP contribution is 2.28. The summed E-state index contributed by atoms with van der Waals surface area (Å²) >= 11 is 0. The molecular weight excluding hydrogens is 176 g/mol. The SMILES string of the molecule is CCCCN(C)C(=O)C1(N)CCCC1. The molecule has 1 amide bonds. The number of hydrogen-bond donors (Lipinski definition) is 1. The van der Waals surface area contributed by atoms with Crippen molar-refractivity contribution in [1.82, 2.24) is 4.90 Å². The predicted octanol–water partition coefficient (Wildman–Crippen LogP) is 1.52. The first-order chi connectivity index (χ1) is 6.60. The maximum absolute atomic E-state index is 12.0. The van der Waals surface area contributed by atoms with E-state index in [1.54, 1.807) is 4.90 Å². The highest BCUT2D eigenvalue weighted by atomic mass is 16.2. The van der Waals surface area contributed by atoms with Crippen LogP contribution in [0.3, 0.4) is 0 Å². The smallest absolute Gasteiger partial charge is 0.242 e. The molecule has 3 heteroatoms. The number of amides is 1. The van der Waals surface area contributed by atoms with Crippen molar-refractivity contribution < 1.29 is 4.79 Å². The van der Waals surface area contributed by atoms with Gasteiger partial charge in [-0.25, -0.2) is 0 Å². The molecule has 0 saturated heterocycles. The molecular formula is C11H22N2O. The number of hydrogen-bond acceptors (Lipinski definition) is 2. The molecule has 82 valence electrons. The Kier molecular flexibility index (Phi) is 3.93. The van der Waals surface area contributed by atoms with E-state index in [2.05, 4.69) is 6.92 Å². The summed E-state index contributed by atoms with van der Waals surface area (Å²) in [4.78, 5) is 13.8. The van der Waals surface area contributed by atoms with Gasteiger partial charge in [-0.3, -0.25) is 4.79 Å². The summed E-state index contributed by atoms with van der Waals surface area (Å²) in [6, 6.07) is 0. The third-order valence-electron chi connectivity index (χ3n) is 3.12. The van der Waals surface area contributed by atoms with Crippen LogP contribution in [0.15, 0.2) is 0 Å². The van der Waals surface area contributed by atoms with E-state index in [1.807, 2.05) is 7.05 Å². The summed E-state index contributed by atoms with van der Waals surface area (Å²) in [5, 5.41) is 0. The number of likely N-dealkylation sites (N-methyl/N-ethyl adjacent to an activating group) is 1. The maximum atomic E-state index is 12.0. The van der Waals surface area contributed by atoms with Crippen LogP contribution in [0.25, 0.3) is 0 Å². The minimum Gasteiger partial charge on any atom is -0.344 e. The summed E-state index contributed by atoms with van der Waals surface area (Å²) in [6.07, 6.45) is 6.12. The molecule has 1 rings (SSSR count). The average molecular weight is 198 g/mol. The normalized spacial score (nSPS) is 19.6. The van der Waals surface area contributed by atoms with Crippen LogP contribution in [0, 0.1) is 0 Å². The monoisotopic (exact) mass is 198 g/mol. The Morgan fingerprint density at radius 3 is 2.50 bits per heavy atom. The van der Waals surface area contributed by atoms with Crippen molar-refractivity contribution in [2.75, 3.05) is 13.6 Å². The van der Waals surface area contributed by atoms with Gasteiger partial charge in [-0.15, -0.1) is 0 Å². The molecule has 0 aromatic heterocycles. The van der Waals surface area contributed by atoms with Crippen molar-refractivity contribution >= 4 is 5.91 Å². The first-order valence-electron chi connectivity index (χ1n) is 5.64. The van der Waals surface area contributed by atoms with Gasteiger partial charge in [0.05, 0.1) is 5.54 Å². The Bertz CT molecular complexity index is 197. The first kappa shape index (κ1) is 11.5. The molecule has 0 heterocycles. The van der Waals surface area contributed by atoms with Crippen molar-refractivity contribution in [2.45, 2.75) is 51.0 Å². The van der Waals surface area contributed by atoms with E-state index in [0.717, 1.165) is 45.1 Å². The Morgan fingerprint density at radius 2 is 2.00 bits per heavy atom. The number of nitrogens with zero attached hydrogens (tertiary/aromatic N) is 1. The van der Waals surface area contributed by atoms with Crippen molar-refractivity contribution in [3.8, 4) is 0 Å². The second kappa shape index (κ2) is 4.78. The zero-order valence-electron chi connectivity index (χ0n) is 9.38. The van der Waals surface area contributed by atoms with Gasteiger partial charge in [-0.05, 0) is 19.3 Å². The van der Waals surface area contributed by atoms with Crippen LogP contribution in [0.2, 0.25) is 0 Å². The van der Waals surface area contributed by atoms with Crippen molar-refractivity contribution in [3.05, 3.63) is 0 Å². The molecule has 0 aromatic rings. The average Bonchev–Trinajstić information content (AvgIpc) is 2.61. The lowest BCUT2D eigenvalue weighted by Crippen LogP contribution is -2.52. The second-order valence-electron chi connectivity index (χ2n) is 4.44. The van der Waals surface area contributed by atoms with Crippen LogP contribution in [-0.2, 0) is 4.79 Å². The largest absolute Gasteiger partial charge is 0.344 e. The molecule has 2 N–H and O–H groups in total. The Hall–Kier alpha value is -0.570. The quantitative estimate of drug-likeness (QED) is 0.744. The summed E-state index contributed by atoms with van der Waals surface area (Å²) in [5.41, 5.74) is 5.54.